The Morgan fingerprint density at radius 2 is 1.95 bits per heavy atom. The number of aliphatic carboxylic acids is 1. The highest BCUT2D eigenvalue weighted by Gasteiger charge is 2.46. The zero-order chi connectivity index (χ0) is 14.1. The summed E-state index contributed by atoms with van der Waals surface area (Å²) in [6, 6.07) is -0.591. The maximum absolute atomic E-state index is 12.6. The van der Waals surface area contributed by atoms with Gasteiger partial charge in [0.25, 0.3) is 0 Å². The quantitative estimate of drug-likeness (QED) is 0.870. The van der Waals surface area contributed by atoms with E-state index in [1.807, 2.05) is 0 Å². The fourth-order valence-electron chi connectivity index (χ4n) is 3.99. The predicted octanol–water partition coefficient (Wildman–Crippen LogP) is 2.72. The van der Waals surface area contributed by atoms with Crippen molar-refractivity contribution in [2.45, 2.75) is 62.8 Å². The number of carboxylic acids is 1. The lowest BCUT2D eigenvalue weighted by Gasteiger charge is -2.37. The summed E-state index contributed by atoms with van der Waals surface area (Å²) < 4.78 is 0. The van der Waals surface area contributed by atoms with Crippen LogP contribution in [0.2, 0.25) is 0 Å². The van der Waals surface area contributed by atoms with Gasteiger partial charge in [0, 0.05) is 11.7 Å². The smallest absolute Gasteiger partial charge is 0.327 e. The monoisotopic (exact) mass is 297 g/mol. The van der Waals surface area contributed by atoms with Crippen LogP contribution in [-0.2, 0) is 9.59 Å². The molecule has 2 aliphatic heterocycles. The molecule has 5 heteroatoms. The van der Waals surface area contributed by atoms with Gasteiger partial charge in [-0.15, -0.1) is 11.8 Å². The largest absolute Gasteiger partial charge is 0.480 e. The molecule has 112 valence electrons. The van der Waals surface area contributed by atoms with Crippen molar-refractivity contribution in [1.29, 1.82) is 0 Å². The van der Waals surface area contributed by atoms with Crippen molar-refractivity contribution < 1.29 is 14.7 Å². The highest BCUT2D eigenvalue weighted by Crippen LogP contribution is 2.41. The van der Waals surface area contributed by atoms with Crippen LogP contribution in [0.4, 0.5) is 0 Å². The first-order chi connectivity index (χ1) is 9.66. The van der Waals surface area contributed by atoms with Gasteiger partial charge in [0.2, 0.25) is 5.91 Å². The topological polar surface area (TPSA) is 57.6 Å². The van der Waals surface area contributed by atoms with E-state index in [0.717, 1.165) is 19.3 Å². The van der Waals surface area contributed by atoms with Crippen molar-refractivity contribution in [1.82, 2.24) is 4.90 Å². The van der Waals surface area contributed by atoms with Crippen molar-refractivity contribution in [3.05, 3.63) is 0 Å². The Balaban J connectivity index is 1.65. The Bertz CT molecular complexity index is 395. The van der Waals surface area contributed by atoms with Crippen LogP contribution in [0.15, 0.2) is 0 Å². The zero-order valence-corrected chi connectivity index (χ0v) is 12.6. The number of carboxylic acid groups (broad SMARTS) is 1. The molecule has 2 heterocycles. The van der Waals surface area contributed by atoms with Gasteiger partial charge >= 0.3 is 5.97 Å². The summed E-state index contributed by atoms with van der Waals surface area (Å²) in [4.78, 5) is 25.6. The molecule has 0 aromatic heterocycles. The number of piperidine rings is 1. The summed E-state index contributed by atoms with van der Waals surface area (Å²) in [6.07, 6.45) is 9.35. The number of hydrogen-bond donors (Lipinski definition) is 1. The normalized spacial score (nSPS) is 35.1. The van der Waals surface area contributed by atoms with E-state index in [4.69, 9.17) is 0 Å². The number of rotatable bonds is 3. The van der Waals surface area contributed by atoms with Crippen LogP contribution in [0.1, 0.15) is 51.4 Å². The standard InChI is InChI=1S/C15H23NO3S/c17-14-11(8-10-4-2-1-3-5-10)6-7-13-16(14)12(9-20-13)15(18)19/h10-13H,1-9H2,(H,18,19)/t11?,12-,13?/m0/s1. The predicted molar refractivity (Wildman–Crippen MR) is 78.4 cm³/mol. The van der Waals surface area contributed by atoms with Crippen LogP contribution in [0, 0.1) is 11.8 Å². The van der Waals surface area contributed by atoms with Gasteiger partial charge < -0.3 is 10.0 Å². The molecule has 0 aromatic carbocycles. The number of thioether (sulfide) groups is 1. The molecule has 3 aliphatic rings. The first kappa shape index (κ1) is 14.2. The molecule has 0 spiro atoms. The summed E-state index contributed by atoms with van der Waals surface area (Å²) in [7, 11) is 0. The van der Waals surface area contributed by atoms with E-state index in [-0.39, 0.29) is 17.2 Å². The molecule has 0 bridgehead atoms. The molecule has 2 saturated heterocycles. The average molecular weight is 297 g/mol. The number of nitrogens with zero attached hydrogens (tertiary/aromatic N) is 1. The molecule has 1 amide bonds. The molecule has 3 atom stereocenters. The molecule has 1 N–H and O–H groups in total. The van der Waals surface area contributed by atoms with Gasteiger partial charge in [0.05, 0.1) is 5.37 Å². The van der Waals surface area contributed by atoms with Crippen LogP contribution in [-0.4, -0.2) is 39.1 Å². The van der Waals surface area contributed by atoms with Crippen molar-refractivity contribution in [3.8, 4) is 0 Å². The molecule has 1 saturated carbocycles. The summed E-state index contributed by atoms with van der Waals surface area (Å²) in [6.45, 7) is 0. The number of amides is 1. The summed E-state index contributed by atoms with van der Waals surface area (Å²) in [5.41, 5.74) is 0. The van der Waals surface area contributed by atoms with E-state index in [1.165, 1.54) is 32.1 Å². The second kappa shape index (κ2) is 5.96. The Labute approximate surface area is 124 Å². The lowest BCUT2D eigenvalue weighted by atomic mass is 9.80. The fourth-order valence-corrected chi connectivity index (χ4v) is 5.42. The Hall–Kier alpha value is -0.710. The van der Waals surface area contributed by atoms with E-state index in [9.17, 15) is 14.7 Å². The second-order valence-electron chi connectivity index (χ2n) is 6.40. The van der Waals surface area contributed by atoms with Crippen molar-refractivity contribution in [3.63, 3.8) is 0 Å². The van der Waals surface area contributed by atoms with Gasteiger partial charge in [0.1, 0.15) is 6.04 Å². The van der Waals surface area contributed by atoms with Gasteiger partial charge in [-0.3, -0.25) is 4.79 Å². The summed E-state index contributed by atoms with van der Waals surface area (Å²) in [5, 5.41) is 9.39. The molecule has 3 fully saturated rings. The number of fused-ring (bicyclic) bond motifs is 1. The molecule has 2 unspecified atom stereocenters. The van der Waals surface area contributed by atoms with Crippen LogP contribution in [0.25, 0.3) is 0 Å². The minimum atomic E-state index is -0.841. The Morgan fingerprint density at radius 3 is 2.65 bits per heavy atom. The van der Waals surface area contributed by atoms with E-state index in [1.54, 1.807) is 16.7 Å². The Kier molecular flexibility index (Phi) is 4.24. The van der Waals surface area contributed by atoms with E-state index in [0.29, 0.717) is 11.7 Å². The van der Waals surface area contributed by atoms with Crippen molar-refractivity contribution in [2.24, 2.45) is 11.8 Å². The molecule has 4 nitrogen and oxygen atoms in total. The third-order valence-corrected chi connectivity index (χ3v) is 6.44. The van der Waals surface area contributed by atoms with Crippen molar-refractivity contribution >= 4 is 23.6 Å². The van der Waals surface area contributed by atoms with Crippen LogP contribution in [0.5, 0.6) is 0 Å². The van der Waals surface area contributed by atoms with Gasteiger partial charge in [0.15, 0.2) is 0 Å². The minimum absolute atomic E-state index is 0.0786. The van der Waals surface area contributed by atoms with Crippen molar-refractivity contribution in [2.75, 3.05) is 5.75 Å². The van der Waals surface area contributed by atoms with Gasteiger partial charge in [-0.25, -0.2) is 4.79 Å². The molecular weight excluding hydrogens is 274 g/mol. The Morgan fingerprint density at radius 1 is 1.20 bits per heavy atom. The maximum atomic E-state index is 12.6. The molecule has 20 heavy (non-hydrogen) atoms. The highest BCUT2D eigenvalue weighted by atomic mass is 32.2. The molecule has 1 aliphatic carbocycles. The van der Waals surface area contributed by atoms with Crippen LogP contribution < -0.4 is 0 Å². The van der Waals surface area contributed by atoms with Crippen LogP contribution in [0.3, 0.4) is 0 Å². The SMILES string of the molecule is O=C(O)[C@@H]1CSC2CCC(CC3CCCCC3)C(=O)N21. The second-order valence-corrected chi connectivity index (χ2v) is 7.61. The van der Waals surface area contributed by atoms with E-state index >= 15 is 0 Å². The molecule has 0 aromatic rings. The molecule has 0 radical (unpaired) electrons. The third-order valence-electron chi connectivity index (χ3n) is 5.09. The lowest BCUT2D eigenvalue weighted by molar-refractivity contribution is -0.153. The first-order valence-electron chi connectivity index (χ1n) is 7.83. The van der Waals surface area contributed by atoms with Gasteiger partial charge in [-0.1, -0.05) is 32.1 Å². The number of carbonyl (C=O) groups excluding carboxylic acids is 1. The number of carbonyl (C=O) groups is 2. The van der Waals surface area contributed by atoms with E-state index < -0.39 is 12.0 Å². The zero-order valence-electron chi connectivity index (χ0n) is 11.8. The fraction of sp³-hybridized carbons (Fsp3) is 0.867. The first-order valence-corrected chi connectivity index (χ1v) is 8.88. The van der Waals surface area contributed by atoms with Gasteiger partial charge in [-0.2, -0.15) is 0 Å². The number of hydrogen-bond acceptors (Lipinski definition) is 3. The average Bonchev–Trinajstić information content (AvgIpc) is 2.88. The lowest BCUT2D eigenvalue weighted by Crippen LogP contribution is -2.51. The summed E-state index contributed by atoms with van der Waals surface area (Å²) >= 11 is 1.64. The molecular formula is C15H23NO3S. The van der Waals surface area contributed by atoms with Gasteiger partial charge in [-0.05, 0) is 25.2 Å². The minimum Gasteiger partial charge on any atom is -0.480 e. The van der Waals surface area contributed by atoms with Crippen LogP contribution >= 0.6 is 11.8 Å². The van der Waals surface area contributed by atoms with E-state index in [2.05, 4.69) is 0 Å². The highest BCUT2D eigenvalue weighted by molar-refractivity contribution is 8.00. The third kappa shape index (κ3) is 2.69. The maximum Gasteiger partial charge on any atom is 0.327 e. The molecule has 3 rings (SSSR count). The summed E-state index contributed by atoms with van der Waals surface area (Å²) in [5.74, 6) is 0.598.